The van der Waals surface area contributed by atoms with Crippen molar-refractivity contribution in [2.45, 2.75) is 18.0 Å². The monoisotopic (exact) mass is 286 g/mol. The Labute approximate surface area is 110 Å². The van der Waals surface area contributed by atoms with E-state index in [-0.39, 0.29) is 6.54 Å². The SMILES string of the molecule is CNCc1cc(S(=O)(=O)NCc2ncc[nH]2)cs1. The zero-order valence-corrected chi connectivity index (χ0v) is 11.4. The lowest BCUT2D eigenvalue weighted by molar-refractivity contribution is 0.580. The van der Waals surface area contributed by atoms with Crippen LogP contribution < -0.4 is 10.0 Å². The van der Waals surface area contributed by atoms with Gasteiger partial charge in [0.2, 0.25) is 10.0 Å². The minimum absolute atomic E-state index is 0.159. The first-order chi connectivity index (χ1) is 8.62. The lowest BCUT2D eigenvalue weighted by Gasteiger charge is -2.02. The van der Waals surface area contributed by atoms with Crippen molar-refractivity contribution >= 4 is 21.4 Å². The van der Waals surface area contributed by atoms with E-state index in [1.54, 1.807) is 23.8 Å². The van der Waals surface area contributed by atoms with Crippen LogP contribution >= 0.6 is 11.3 Å². The number of hydrogen-bond acceptors (Lipinski definition) is 5. The molecule has 3 N–H and O–H groups in total. The predicted octanol–water partition coefficient (Wildman–Crippen LogP) is 0.669. The fourth-order valence-corrected chi connectivity index (χ4v) is 3.68. The van der Waals surface area contributed by atoms with Crippen molar-refractivity contribution in [1.29, 1.82) is 0 Å². The summed E-state index contributed by atoms with van der Waals surface area (Å²) >= 11 is 1.42. The Morgan fingerprint density at radius 1 is 1.44 bits per heavy atom. The van der Waals surface area contributed by atoms with Gasteiger partial charge in [-0.1, -0.05) is 0 Å². The van der Waals surface area contributed by atoms with Gasteiger partial charge in [0.05, 0.1) is 11.4 Å². The first-order valence-electron chi connectivity index (χ1n) is 5.32. The Hall–Kier alpha value is -1.22. The molecule has 8 heteroatoms. The Morgan fingerprint density at radius 2 is 2.28 bits per heavy atom. The molecule has 0 radical (unpaired) electrons. The Bertz CT molecular complexity index is 589. The van der Waals surface area contributed by atoms with Crippen LogP contribution in [0.1, 0.15) is 10.7 Å². The zero-order valence-electron chi connectivity index (χ0n) is 9.80. The summed E-state index contributed by atoms with van der Waals surface area (Å²) in [5, 5.41) is 4.62. The number of aromatic amines is 1. The lowest BCUT2D eigenvalue weighted by atomic mass is 10.5. The van der Waals surface area contributed by atoms with E-state index in [4.69, 9.17) is 0 Å². The van der Waals surface area contributed by atoms with Crippen molar-refractivity contribution in [2.75, 3.05) is 7.05 Å². The fourth-order valence-electron chi connectivity index (χ4n) is 1.41. The molecule has 18 heavy (non-hydrogen) atoms. The first-order valence-corrected chi connectivity index (χ1v) is 7.68. The standard InChI is InChI=1S/C10H14N4O2S2/c1-11-5-8-4-9(7-17-8)18(15,16)14-6-10-12-2-3-13-10/h2-4,7,11,14H,5-6H2,1H3,(H,12,13). The maximum Gasteiger partial charge on any atom is 0.241 e. The maximum absolute atomic E-state index is 12.0. The van der Waals surface area contributed by atoms with Crippen molar-refractivity contribution in [1.82, 2.24) is 20.0 Å². The highest BCUT2D eigenvalue weighted by Gasteiger charge is 2.16. The van der Waals surface area contributed by atoms with Gasteiger partial charge in [-0.25, -0.2) is 18.1 Å². The summed E-state index contributed by atoms with van der Waals surface area (Å²) in [6.07, 6.45) is 3.23. The second-order valence-corrected chi connectivity index (χ2v) is 6.40. The van der Waals surface area contributed by atoms with Gasteiger partial charge in [-0.2, -0.15) is 0 Å². The summed E-state index contributed by atoms with van der Waals surface area (Å²) in [5.41, 5.74) is 0. The number of hydrogen-bond donors (Lipinski definition) is 3. The number of sulfonamides is 1. The molecular weight excluding hydrogens is 272 g/mol. The molecule has 0 atom stereocenters. The van der Waals surface area contributed by atoms with Crippen molar-refractivity contribution in [3.8, 4) is 0 Å². The number of thiophene rings is 1. The van der Waals surface area contributed by atoms with E-state index in [0.717, 1.165) is 4.88 Å². The zero-order chi connectivity index (χ0) is 13.0. The third kappa shape index (κ3) is 3.16. The van der Waals surface area contributed by atoms with Crippen LogP contribution in [0.25, 0.3) is 0 Å². The van der Waals surface area contributed by atoms with E-state index < -0.39 is 10.0 Å². The molecule has 98 valence electrons. The minimum atomic E-state index is -3.46. The highest BCUT2D eigenvalue weighted by Crippen LogP contribution is 2.19. The van der Waals surface area contributed by atoms with Gasteiger partial charge in [-0.05, 0) is 13.1 Å². The predicted molar refractivity (Wildman–Crippen MR) is 69.7 cm³/mol. The van der Waals surface area contributed by atoms with Crippen molar-refractivity contribution in [3.05, 3.63) is 34.5 Å². The molecule has 0 spiro atoms. The van der Waals surface area contributed by atoms with Crippen molar-refractivity contribution < 1.29 is 8.42 Å². The Morgan fingerprint density at radius 3 is 2.94 bits per heavy atom. The van der Waals surface area contributed by atoms with Crippen LogP contribution in [-0.2, 0) is 23.1 Å². The quantitative estimate of drug-likeness (QED) is 0.728. The molecule has 2 rings (SSSR count). The molecule has 6 nitrogen and oxygen atoms in total. The van der Waals surface area contributed by atoms with Gasteiger partial charge in [-0.15, -0.1) is 11.3 Å². The summed E-state index contributed by atoms with van der Waals surface area (Å²) in [5.74, 6) is 0.587. The van der Waals surface area contributed by atoms with Gasteiger partial charge in [0.25, 0.3) is 0 Å². The van der Waals surface area contributed by atoms with Crippen LogP contribution in [0.3, 0.4) is 0 Å². The largest absolute Gasteiger partial charge is 0.347 e. The van der Waals surface area contributed by atoms with E-state index >= 15 is 0 Å². The number of nitrogens with one attached hydrogen (secondary N) is 3. The summed E-state index contributed by atoms with van der Waals surface area (Å²) in [6, 6.07) is 1.67. The molecule has 0 aliphatic rings. The van der Waals surface area contributed by atoms with Crippen LogP contribution in [0.4, 0.5) is 0 Å². The number of H-pyrrole nitrogens is 1. The summed E-state index contributed by atoms with van der Waals surface area (Å²) < 4.78 is 26.5. The van der Waals surface area contributed by atoms with Gasteiger partial charge < -0.3 is 10.3 Å². The molecule has 0 unspecified atom stereocenters. The van der Waals surface area contributed by atoms with Gasteiger partial charge in [0, 0.05) is 29.2 Å². The normalized spacial score (nSPS) is 11.8. The summed E-state index contributed by atoms with van der Waals surface area (Å²) in [4.78, 5) is 8.08. The minimum Gasteiger partial charge on any atom is -0.347 e. The van der Waals surface area contributed by atoms with Gasteiger partial charge in [-0.3, -0.25) is 0 Å². The third-order valence-electron chi connectivity index (χ3n) is 2.28. The van der Waals surface area contributed by atoms with Gasteiger partial charge in [0.15, 0.2) is 0 Å². The summed E-state index contributed by atoms with van der Waals surface area (Å²) in [6.45, 7) is 0.824. The van der Waals surface area contributed by atoms with E-state index in [1.165, 1.54) is 11.3 Å². The van der Waals surface area contributed by atoms with Gasteiger partial charge >= 0.3 is 0 Å². The fraction of sp³-hybridized carbons (Fsp3) is 0.300. The van der Waals surface area contributed by atoms with E-state index in [1.807, 2.05) is 7.05 Å². The molecule has 0 amide bonds. The third-order valence-corrected chi connectivity index (χ3v) is 4.74. The number of imidazole rings is 1. The molecule has 0 aromatic carbocycles. The lowest BCUT2D eigenvalue weighted by Crippen LogP contribution is -2.23. The molecule has 2 aromatic heterocycles. The molecular formula is C10H14N4O2S2. The second kappa shape index (κ2) is 5.61. The van der Waals surface area contributed by atoms with Crippen molar-refractivity contribution in [2.24, 2.45) is 0 Å². The molecule has 0 saturated heterocycles. The van der Waals surface area contributed by atoms with E-state index in [9.17, 15) is 8.42 Å². The molecule has 0 aliphatic carbocycles. The van der Waals surface area contributed by atoms with E-state index in [2.05, 4.69) is 20.0 Å². The number of aromatic nitrogens is 2. The van der Waals surface area contributed by atoms with Gasteiger partial charge in [0.1, 0.15) is 5.82 Å². The molecule has 2 heterocycles. The average molecular weight is 286 g/mol. The molecule has 0 saturated carbocycles. The van der Waals surface area contributed by atoms with Crippen LogP contribution in [-0.4, -0.2) is 25.4 Å². The molecule has 2 aromatic rings. The van der Waals surface area contributed by atoms with E-state index in [0.29, 0.717) is 17.3 Å². The number of nitrogens with zero attached hydrogens (tertiary/aromatic N) is 1. The van der Waals surface area contributed by atoms with Crippen LogP contribution in [0.15, 0.2) is 28.7 Å². The molecule has 0 fully saturated rings. The second-order valence-electron chi connectivity index (χ2n) is 3.64. The Kier molecular flexibility index (Phi) is 4.12. The van der Waals surface area contributed by atoms with Crippen LogP contribution in [0.5, 0.6) is 0 Å². The maximum atomic E-state index is 12.0. The molecule has 0 bridgehead atoms. The van der Waals surface area contributed by atoms with Crippen LogP contribution in [0.2, 0.25) is 0 Å². The first kappa shape index (κ1) is 13.2. The summed E-state index contributed by atoms with van der Waals surface area (Å²) in [7, 11) is -1.64. The topological polar surface area (TPSA) is 86.9 Å². The highest BCUT2D eigenvalue weighted by molar-refractivity contribution is 7.89. The highest BCUT2D eigenvalue weighted by atomic mass is 32.2. The Balaban J connectivity index is 2.05. The van der Waals surface area contributed by atoms with Crippen molar-refractivity contribution in [3.63, 3.8) is 0 Å². The number of rotatable bonds is 6. The smallest absolute Gasteiger partial charge is 0.241 e. The average Bonchev–Trinajstić information content (AvgIpc) is 2.98. The molecule has 0 aliphatic heterocycles. The van der Waals surface area contributed by atoms with Crippen LogP contribution in [0, 0.1) is 0 Å².